The predicted molar refractivity (Wildman–Crippen MR) is 150 cm³/mol. The molecule has 0 saturated carbocycles. The molecule has 0 amide bonds. The molecule has 0 bridgehead atoms. The minimum Gasteiger partial charge on any atom is -0.380 e. The average molecular weight is 529 g/mol. The molecule has 4 nitrogen and oxygen atoms in total. The van der Waals surface area contributed by atoms with Gasteiger partial charge >= 0.3 is 0 Å². The molecule has 1 saturated heterocycles. The summed E-state index contributed by atoms with van der Waals surface area (Å²) < 4.78 is 30.0. The maximum atomic E-state index is 14.1. The number of nitrogens with zero attached hydrogens (tertiary/aromatic N) is 1. The number of nitrogens with one attached hydrogen (secondary N) is 1. The van der Waals surface area contributed by atoms with Crippen LogP contribution in [0.15, 0.2) is 108 Å². The molecule has 0 aliphatic carbocycles. The number of halogens is 1. The highest BCUT2D eigenvalue weighted by Crippen LogP contribution is 2.49. The van der Waals surface area contributed by atoms with E-state index in [1.54, 1.807) is 16.4 Å². The van der Waals surface area contributed by atoms with Gasteiger partial charge in [0.2, 0.25) is 10.0 Å². The second kappa shape index (κ2) is 9.64. The Bertz CT molecular complexity index is 1510. The van der Waals surface area contributed by atoms with Gasteiger partial charge in [-0.05, 0) is 60.4 Å². The Balaban J connectivity index is 1.49. The molecule has 0 unspecified atom stereocenters. The van der Waals surface area contributed by atoms with Gasteiger partial charge in [0.15, 0.2) is 0 Å². The van der Waals surface area contributed by atoms with Gasteiger partial charge in [-0.2, -0.15) is 4.31 Å². The van der Waals surface area contributed by atoms with Gasteiger partial charge in [0.05, 0.1) is 4.90 Å². The summed E-state index contributed by atoms with van der Waals surface area (Å²) in [7, 11) is -3.72. The van der Waals surface area contributed by atoms with Crippen LogP contribution in [0.25, 0.3) is 0 Å². The average Bonchev–Trinajstić information content (AvgIpc) is 3.27. The minimum absolute atomic E-state index is 0.0256. The standard InChI is InChI=1S/C31H29ClN2O2S/c1-21-12-15-25(16-13-21)37(35,36)34-20-27-30(23-10-6-3-7-11-23)26-19-24(32)14-17-28(26)33-31(27)29(34)18-22-8-4-2-5-9-22/h2-17,19,27,29-31,33H,18,20H2,1H3/t27-,29+,30+,31-/m1/s1. The summed E-state index contributed by atoms with van der Waals surface area (Å²) in [5.41, 5.74) is 5.47. The topological polar surface area (TPSA) is 49.4 Å². The Morgan fingerprint density at radius 3 is 2.27 bits per heavy atom. The predicted octanol–water partition coefficient (Wildman–Crippen LogP) is 6.51. The lowest BCUT2D eigenvalue weighted by Gasteiger charge is -2.39. The van der Waals surface area contributed by atoms with E-state index >= 15 is 0 Å². The van der Waals surface area contributed by atoms with Crippen LogP contribution in [-0.2, 0) is 16.4 Å². The summed E-state index contributed by atoms with van der Waals surface area (Å²) in [5.74, 6) is 0.0694. The normalized spacial score (nSPS) is 23.2. The Morgan fingerprint density at radius 1 is 0.892 bits per heavy atom. The smallest absolute Gasteiger partial charge is 0.243 e. The second-order valence-electron chi connectivity index (χ2n) is 10.1. The molecule has 0 radical (unpaired) electrons. The lowest BCUT2D eigenvalue weighted by Crippen LogP contribution is -2.46. The molecule has 0 spiro atoms. The molecule has 2 heterocycles. The van der Waals surface area contributed by atoms with E-state index in [9.17, 15) is 8.42 Å². The van der Waals surface area contributed by atoms with Crippen LogP contribution in [-0.4, -0.2) is 31.4 Å². The maximum Gasteiger partial charge on any atom is 0.243 e. The van der Waals surface area contributed by atoms with Crippen molar-refractivity contribution in [3.63, 3.8) is 0 Å². The SMILES string of the molecule is Cc1ccc(S(=O)(=O)N2C[C@@H]3[C@@H](c4ccccc4)c4cc(Cl)ccc4N[C@H]3[C@@H]2Cc2ccccc2)cc1. The van der Waals surface area contributed by atoms with Gasteiger partial charge in [-0.15, -0.1) is 0 Å². The number of hydrogen-bond acceptors (Lipinski definition) is 3. The molecule has 6 heteroatoms. The van der Waals surface area contributed by atoms with Crippen LogP contribution in [0.4, 0.5) is 5.69 Å². The van der Waals surface area contributed by atoms with Crippen LogP contribution in [0.2, 0.25) is 5.02 Å². The van der Waals surface area contributed by atoms with E-state index in [2.05, 4.69) is 29.6 Å². The minimum atomic E-state index is -3.72. The first-order valence-electron chi connectivity index (χ1n) is 12.7. The van der Waals surface area contributed by atoms with Gasteiger partial charge in [-0.25, -0.2) is 8.42 Å². The van der Waals surface area contributed by atoms with E-state index < -0.39 is 10.0 Å². The molecule has 1 N–H and O–H groups in total. The van der Waals surface area contributed by atoms with E-state index in [0.29, 0.717) is 22.9 Å². The summed E-state index contributed by atoms with van der Waals surface area (Å²) >= 11 is 6.47. The molecule has 2 aliphatic rings. The van der Waals surface area contributed by atoms with Crippen LogP contribution < -0.4 is 5.32 Å². The third kappa shape index (κ3) is 4.46. The van der Waals surface area contributed by atoms with Gasteiger partial charge in [0, 0.05) is 41.2 Å². The largest absolute Gasteiger partial charge is 0.380 e. The zero-order chi connectivity index (χ0) is 25.6. The number of aryl methyl sites for hydroxylation is 1. The first kappa shape index (κ1) is 24.2. The highest BCUT2D eigenvalue weighted by Gasteiger charge is 2.52. The number of sulfonamides is 1. The fourth-order valence-corrected chi connectivity index (χ4v) is 7.93. The van der Waals surface area contributed by atoms with Gasteiger partial charge in [-0.1, -0.05) is 90.0 Å². The number of rotatable bonds is 5. The van der Waals surface area contributed by atoms with Crippen molar-refractivity contribution in [2.24, 2.45) is 5.92 Å². The molecule has 4 aromatic carbocycles. The number of anilines is 1. The first-order valence-corrected chi connectivity index (χ1v) is 14.5. The lowest BCUT2D eigenvalue weighted by atomic mass is 9.73. The van der Waals surface area contributed by atoms with Crippen LogP contribution in [0.1, 0.15) is 28.2 Å². The van der Waals surface area contributed by atoms with Crippen molar-refractivity contribution in [3.05, 3.63) is 130 Å². The van der Waals surface area contributed by atoms with Crippen LogP contribution in [0.3, 0.4) is 0 Å². The molecule has 4 atom stereocenters. The third-order valence-corrected chi connectivity index (χ3v) is 9.95. The third-order valence-electron chi connectivity index (χ3n) is 7.81. The molecule has 37 heavy (non-hydrogen) atoms. The molecule has 6 rings (SSSR count). The van der Waals surface area contributed by atoms with Crippen LogP contribution in [0, 0.1) is 12.8 Å². The van der Waals surface area contributed by atoms with Crippen molar-refractivity contribution in [2.45, 2.75) is 36.2 Å². The van der Waals surface area contributed by atoms with E-state index in [4.69, 9.17) is 11.6 Å². The molecule has 188 valence electrons. The van der Waals surface area contributed by atoms with Gasteiger partial charge in [0.1, 0.15) is 0 Å². The van der Waals surface area contributed by atoms with E-state index in [0.717, 1.165) is 22.4 Å². The summed E-state index contributed by atoms with van der Waals surface area (Å²) in [5, 5.41) is 4.44. The maximum absolute atomic E-state index is 14.1. The number of hydrogen-bond donors (Lipinski definition) is 1. The Hall–Kier alpha value is -3.12. The van der Waals surface area contributed by atoms with E-state index in [1.807, 2.05) is 73.7 Å². The van der Waals surface area contributed by atoms with Crippen molar-refractivity contribution in [1.29, 1.82) is 0 Å². The molecular weight excluding hydrogens is 500 g/mol. The van der Waals surface area contributed by atoms with Gasteiger partial charge in [-0.3, -0.25) is 0 Å². The lowest BCUT2D eigenvalue weighted by molar-refractivity contribution is 0.375. The molecule has 1 fully saturated rings. The summed E-state index contributed by atoms with van der Waals surface area (Å²) in [6, 6.07) is 33.4. The summed E-state index contributed by atoms with van der Waals surface area (Å²) in [6.45, 7) is 2.40. The fourth-order valence-electron chi connectivity index (χ4n) is 6.06. The van der Waals surface area contributed by atoms with Crippen molar-refractivity contribution in [3.8, 4) is 0 Å². The fraction of sp³-hybridized carbons (Fsp3) is 0.226. The van der Waals surface area contributed by atoms with Crippen LogP contribution in [0.5, 0.6) is 0 Å². The number of fused-ring (bicyclic) bond motifs is 2. The zero-order valence-corrected chi connectivity index (χ0v) is 22.2. The van der Waals surface area contributed by atoms with Gasteiger partial charge in [0.25, 0.3) is 0 Å². The Morgan fingerprint density at radius 2 is 1.57 bits per heavy atom. The Labute approximate surface area is 224 Å². The summed E-state index contributed by atoms with van der Waals surface area (Å²) in [6.07, 6.45) is 0.629. The highest BCUT2D eigenvalue weighted by atomic mass is 35.5. The zero-order valence-electron chi connectivity index (χ0n) is 20.6. The first-order chi connectivity index (χ1) is 17.9. The Kier molecular flexibility index (Phi) is 6.31. The number of benzene rings is 4. The molecule has 4 aromatic rings. The van der Waals surface area contributed by atoms with Crippen LogP contribution >= 0.6 is 11.6 Å². The van der Waals surface area contributed by atoms with E-state index in [-0.39, 0.29) is 23.9 Å². The van der Waals surface area contributed by atoms with Crippen molar-refractivity contribution in [1.82, 2.24) is 4.31 Å². The highest BCUT2D eigenvalue weighted by molar-refractivity contribution is 7.89. The van der Waals surface area contributed by atoms with E-state index in [1.165, 1.54) is 5.56 Å². The monoisotopic (exact) mass is 528 g/mol. The molecular formula is C31H29ClN2O2S. The quantitative estimate of drug-likeness (QED) is 0.321. The van der Waals surface area contributed by atoms with Crippen molar-refractivity contribution >= 4 is 27.3 Å². The van der Waals surface area contributed by atoms with Crippen molar-refractivity contribution in [2.75, 3.05) is 11.9 Å². The van der Waals surface area contributed by atoms with Gasteiger partial charge < -0.3 is 5.32 Å². The van der Waals surface area contributed by atoms with Crippen molar-refractivity contribution < 1.29 is 8.42 Å². The molecule has 2 aliphatic heterocycles. The second-order valence-corrected chi connectivity index (χ2v) is 12.4. The summed E-state index contributed by atoms with van der Waals surface area (Å²) in [4.78, 5) is 0.339. The molecule has 0 aromatic heterocycles.